The third-order valence-electron chi connectivity index (χ3n) is 4.93. The summed E-state index contributed by atoms with van der Waals surface area (Å²) < 4.78 is 8.28. The molecule has 0 amide bonds. The number of nitrogens with zero attached hydrogens (tertiary/aromatic N) is 4. The fraction of sp³-hybridized carbons (Fsp3) is 0.435. The number of aryl methyl sites for hydroxylation is 1. The quantitative estimate of drug-likeness (QED) is 0.512. The lowest BCUT2D eigenvalue weighted by atomic mass is 10.2. The predicted molar refractivity (Wildman–Crippen MR) is 117 cm³/mol. The van der Waals surface area contributed by atoms with Crippen molar-refractivity contribution in [1.29, 1.82) is 0 Å². The van der Waals surface area contributed by atoms with E-state index >= 15 is 0 Å². The Balaban J connectivity index is 1.43. The molecule has 6 heteroatoms. The summed E-state index contributed by atoms with van der Waals surface area (Å²) in [5.41, 5.74) is 2.05. The molecule has 0 saturated heterocycles. The second kappa shape index (κ2) is 7.92. The van der Waals surface area contributed by atoms with Crippen LogP contribution in [-0.2, 0) is 24.8 Å². The molecule has 0 aliphatic heterocycles. The van der Waals surface area contributed by atoms with Crippen LogP contribution in [0.1, 0.15) is 45.0 Å². The standard InChI is InChI=1S/C23H28N4OS/c1-22(2,3)29-20-11-10-18(15-24-20)21-25-19(27(4)26-21)14-23(12-13-23)28-16-17-8-6-5-7-9-17/h5-11,15H,12-14,16H2,1-4H3. The van der Waals surface area contributed by atoms with Gasteiger partial charge >= 0.3 is 0 Å². The highest BCUT2D eigenvalue weighted by Gasteiger charge is 2.45. The van der Waals surface area contributed by atoms with Crippen molar-refractivity contribution in [3.8, 4) is 11.4 Å². The minimum Gasteiger partial charge on any atom is -0.370 e. The summed E-state index contributed by atoms with van der Waals surface area (Å²) in [6, 6.07) is 14.4. The molecule has 1 fully saturated rings. The SMILES string of the molecule is Cn1nc(-c2ccc(SC(C)(C)C)nc2)nc1CC1(OCc2ccccc2)CC1. The Morgan fingerprint density at radius 2 is 1.86 bits per heavy atom. The smallest absolute Gasteiger partial charge is 0.182 e. The molecule has 29 heavy (non-hydrogen) atoms. The largest absolute Gasteiger partial charge is 0.370 e. The Hall–Kier alpha value is -2.18. The molecule has 4 rings (SSSR count). The van der Waals surface area contributed by atoms with Crippen molar-refractivity contribution in [2.75, 3.05) is 0 Å². The summed E-state index contributed by atoms with van der Waals surface area (Å²) in [4.78, 5) is 9.37. The van der Waals surface area contributed by atoms with Gasteiger partial charge in [-0.25, -0.2) is 9.97 Å². The number of hydrogen-bond donors (Lipinski definition) is 0. The Morgan fingerprint density at radius 1 is 1.10 bits per heavy atom. The van der Waals surface area contributed by atoms with Crippen molar-refractivity contribution in [2.45, 2.75) is 62.0 Å². The van der Waals surface area contributed by atoms with Gasteiger partial charge in [-0.1, -0.05) is 51.1 Å². The third kappa shape index (κ3) is 5.25. The lowest BCUT2D eigenvalue weighted by Gasteiger charge is -2.16. The molecule has 3 aromatic rings. The average molecular weight is 409 g/mol. The van der Waals surface area contributed by atoms with E-state index in [0.717, 1.165) is 41.5 Å². The van der Waals surface area contributed by atoms with Gasteiger partial charge in [-0.05, 0) is 30.5 Å². The first-order valence-corrected chi connectivity index (χ1v) is 10.9. The minimum absolute atomic E-state index is 0.0979. The third-order valence-corrected chi connectivity index (χ3v) is 6.00. The molecule has 1 saturated carbocycles. The first kappa shape index (κ1) is 20.1. The molecule has 5 nitrogen and oxygen atoms in total. The van der Waals surface area contributed by atoms with Crippen LogP contribution in [0.2, 0.25) is 0 Å². The van der Waals surface area contributed by atoms with Crippen molar-refractivity contribution in [2.24, 2.45) is 7.05 Å². The van der Waals surface area contributed by atoms with Gasteiger partial charge in [0.25, 0.3) is 0 Å². The van der Waals surface area contributed by atoms with Gasteiger partial charge in [0, 0.05) is 30.0 Å². The molecular formula is C23H28N4OS. The van der Waals surface area contributed by atoms with Gasteiger partial charge < -0.3 is 4.74 Å². The monoisotopic (exact) mass is 408 g/mol. The number of ether oxygens (including phenoxy) is 1. The molecule has 0 bridgehead atoms. The van der Waals surface area contributed by atoms with Gasteiger partial charge in [0.1, 0.15) is 5.82 Å². The number of pyridine rings is 1. The molecule has 2 aromatic heterocycles. The maximum atomic E-state index is 6.27. The van der Waals surface area contributed by atoms with Crippen molar-refractivity contribution in [1.82, 2.24) is 19.7 Å². The first-order valence-electron chi connectivity index (χ1n) is 10.1. The molecule has 0 unspecified atom stereocenters. The van der Waals surface area contributed by atoms with Crippen LogP contribution >= 0.6 is 11.8 Å². The first-order chi connectivity index (χ1) is 13.8. The van der Waals surface area contributed by atoms with Crippen molar-refractivity contribution in [3.05, 3.63) is 60.0 Å². The van der Waals surface area contributed by atoms with E-state index in [9.17, 15) is 0 Å². The fourth-order valence-electron chi connectivity index (χ4n) is 3.19. The maximum Gasteiger partial charge on any atom is 0.182 e. The average Bonchev–Trinajstić information content (AvgIpc) is 3.36. The van der Waals surface area contributed by atoms with E-state index < -0.39 is 0 Å². The highest BCUT2D eigenvalue weighted by molar-refractivity contribution is 8.00. The molecule has 1 aromatic carbocycles. The highest BCUT2D eigenvalue weighted by Crippen LogP contribution is 2.43. The summed E-state index contributed by atoms with van der Waals surface area (Å²) in [7, 11) is 1.95. The summed E-state index contributed by atoms with van der Waals surface area (Å²) >= 11 is 1.76. The second-order valence-electron chi connectivity index (χ2n) is 8.71. The van der Waals surface area contributed by atoms with Crippen LogP contribution in [0.4, 0.5) is 0 Å². The van der Waals surface area contributed by atoms with Gasteiger partial charge in [-0.3, -0.25) is 4.68 Å². The molecule has 0 radical (unpaired) electrons. The molecular weight excluding hydrogens is 380 g/mol. The summed E-state index contributed by atoms with van der Waals surface area (Å²) in [5.74, 6) is 1.68. The van der Waals surface area contributed by atoms with Gasteiger partial charge in [0.15, 0.2) is 5.82 Å². The Kier molecular flexibility index (Phi) is 5.49. The van der Waals surface area contributed by atoms with E-state index in [1.807, 2.05) is 42.2 Å². The zero-order valence-corrected chi connectivity index (χ0v) is 18.4. The predicted octanol–water partition coefficient (Wildman–Crippen LogP) is 5.06. The van der Waals surface area contributed by atoms with Crippen LogP contribution in [0, 0.1) is 0 Å². The van der Waals surface area contributed by atoms with Crippen LogP contribution < -0.4 is 0 Å². The normalized spacial score (nSPS) is 15.4. The van der Waals surface area contributed by atoms with Crippen molar-refractivity contribution < 1.29 is 4.74 Å². The van der Waals surface area contributed by atoms with Gasteiger partial charge in [0.2, 0.25) is 0 Å². The second-order valence-corrected chi connectivity index (χ2v) is 10.6. The number of hydrogen-bond acceptors (Lipinski definition) is 5. The number of benzene rings is 1. The topological polar surface area (TPSA) is 52.8 Å². The van der Waals surface area contributed by atoms with E-state index in [0.29, 0.717) is 6.61 Å². The van der Waals surface area contributed by atoms with E-state index in [2.05, 4.69) is 49.1 Å². The van der Waals surface area contributed by atoms with E-state index in [-0.39, 0.29) is 10.3 Å². The lowest BCUT2D eigenvalue weighted by Crippen LogP contribution is -2.20. The minimum atomic E-state index is -0.0979. The summed E-state index contributed by atoms with van der Waals surface area (Å²) in [6.07, 6.45) is 4.80. The van der Waals surface area contributed by atoms with Gasteiger partial charge in [-0.2, -0.15) is 5.10 Å². The molecule has 0 atom stereocenters. The van der Waals surface area contributed by atoms with E-state index in [1.54, 1.807) is 11.8 Å². The van der Waals surface area contributed by atoms with Crippen LogP contribution in [-0.4, -0.2) is 30.1 Å². The van der Waals surface area contributed by atoms with Crippen molar-refractivity contribution >= 4 is 11.8 Å². The molecule has 0 N–H and O–H groups in total. The molecule has 2 heterocycles. The Morgan fingerprint density at radius 3 is 2.48 bits per heavy atom. The highest BCUT2D eigenvalue weighted by atomic mass is 32.2. The van der Waals surface area contributed by atoms with Crippen LogP contribution in [0.3, 0.4) is 0 Å². The molecule has 152 valence electrons. The maximum absolute atomic E-state index is 6.27. The van der Waals surface area contributed by atoms with E-state index in [1.165, 1.54) is 5.56 Å². The zero-order valence-electron chi connectivity index (χ0n) is 17.6. The van der Waals surface area contributed by atoms with Crippen LogP contribution in [0.15, 0.2) is 53.7 Å². The molecule has 0 spiro atoms. The zero-order chi connectivity index (χ0) is 20.5. The number of rotatable bonds is 7. The number of thioether (sulfide) groups is 1. The fourth-order valence-corrected chi connectivity index (χ4v) is 4.06. The molecule has 1 aliphatic rings. The Labute approximate surface area is 176 Å². The number of aromatic nitrogens is 4. The van der Waals surface area contributed by atoms with Crippen LogP contribution in [0.25, 0.3) is 11.4 Å². The van der Waals surface area contributed by atoms with Gasteiger partial charge in [-0.15, -0.1) is 11.8 Å². The Bertz CT molecular complexity index is 957. The molecule has 1 aliphatic carbocycles. The van der Waals surface area contributed by atoms with E-state index in [4.69, 9.17) is 9.72 Å². The lowest BCUT2D eigenvalue weighted by molar-refractivity contribution is 0.0186. The summed E-state index contributed by atoms with van der Waals surface area (Å²) in [5, 5.41) is 5.64. The van der Waals surface area contributed by atoms with Crippen molar-refractivity contribution in [3.63, 3.8) is 0 Å². The van der Waals surface area contributed by atoms with Gasteiger partial charge in [0.05, 0.1) is 17.2 Å². The van der Waals surface area contributed by atoms with Crippen LogP contribution in [0.5, 0.6) is 0 Å². The summed E-state index contributed by atoms with van der Waals surface area (Å²) in [6.45, 7) is 7.21.